The van der Waals surface area contributed by atoms with Crippen LogP contribution < -0.4 is 10.4 Å². The second-order valence-electron chi connectivity index (χ2n) is 14.9. The van der Waals surface area contributed by atoms with Gasteiger partial charge in [0, 0.05) is 12.1 Å². The average Bonchev–Trinajstić information content (AvgIpc) is 3.24. The first-order valence-electron chi connectivity index (χ1n) is 19.2. The van der Waals surface area contributed by atoms with E-state index in [1.165, 1.54) is 34.6 Å². The van der Waals surface area contributed by atoms with Gasteiger partial charge in [0.25, 0.3) is 14.0 Å². The molecular weight excluding hydrogens is 715 g/mol. The number of nitro benzene ring substituents is 1. The fourth-order valence-electron chi connectivity index (χ4n) is 7.55. The van der Waals surface area contributed by atoms with Gasteiger partial charge in [0.2, 0.25) is 0 Å². The summed E-state index contributed by atoms with van der Waals surface area (Å²) in [4.78, 5) is 23.4. The zero-order valence-electron chi connectivity index (χ0n) is 32.3. The molecule has 0 aromatic heterocycles. The molecule has 6 aromatic rings. The summed E-state index contributed by atoms with van der Waals surface area (Å²) in [5.74, 6) is -0.512. The van der Waals surface area contributed by atoms with Crippen molar-refractivity contribution in [2.75, 3.05) is 13.2 Å². The molecule has 0 saturated carbocycles. The Kier molecular flexibility index (Phi) is 13.1. The molecule has 0 aliphatic carbocycles. The summed E-state index contributed by atoms with van der Waals surface area (Å²) < 4.78 is 20.8. The standard InChI is InChI=1S/C48H49NO6Si/c1-47(2,3)56(44-28-15-7-16-29-44,45-30-17-8-18-31-45)55-43(27-19-20-36-53-46(50)38-32-34-42(35-33-38)49(51)52)37-54-48(39-21-9-4-10-22-39,40-23-11-5-12-24-40)41-25-13-6-14-26-41/h4-18,21-26,28-35,43H,19-20,27,36-37H2,1-3H3/t43-/m0/s1. The summed E-state index contributed by atoms with van der Waals surface area (Å²) in [6, 6.07) is 57.8. The molecule has 0 bridgehead atoms. The number of benzene rings is 6. The van der Waals surface area contributed by atoms with Gasteiger partial charge in [-0.2, -0.15) is 0 Å². The molecule has 0 N–H and O–H groups in total. The summed E-state index contributed by atoms with van der Waals surface area (Å²) in [6.07, 6.45) is 1.60. The van der Waals surface area contributed by atoms with Crippen molar-refractivity contribution in [3.8, 4) is 0 Å². The van der Waals surface area contributed by atoms with Gasteiger partial charge in [0.15, 0.2) is 0 Å². The van der Waals surface area contributed by atoms with E-state index in [0.29, 0.717) is 19.3 Å². The number of carbonyl (C=O) groups excluding carboxylic acids is 1. The molecule has 0 radical (unpaired) electrons. The van der Waals surface area contributed by atoms with Crippen LogP contribution in [0.4, 0.5) is 5.69 Å². The van der Waals surface area contributed by atoms with Gasteiger partial charge in [-0.25, -0.2) is 4.79 Å². The Hall–Kier alpha value is -5.67. The van der Waals surface area contributed by atoms with Crippen LogP contribution >= 0.6 is 0 Å². The van der Waals surface area contributed by atoms with Crippen LogP contribution in [-0.4, -0.2) is 38.5 Å². The largest absolute Gasteiger partial charge is 0.462 e. The van der Waals surface area contributed by atoms with Crippen LogP contribution in [0.2, 0.25) is 5.04 Å². The Morgan fingerprint density at radius 1 is 0.625 bits per heavy atom. The average molecular weight is 764 g/mol. The SMILES string of the molecule is CC(C)(C)[Si](O[C@@H](CCCCOC(=O)c1ccc([N+](=O)[O-])cc1)COC(c1ccccc1)(c1ccccc1)c1ccccc1)(c1ccccc1)c1ccccc1. The quantitative estimate of drug-likeness (QED) is 0.0230. The van der Waals surface area contributed by atoms with Crippen LogP contribution in [0.3, 0.4) is 0 Å². The molecule has 1 atom stereocenters. The lowest BCUT2D eigenvalue weighted by molar-refractivity contribution is -0.384. The summed E-state index contributed by atoms with van der Waals surface area (Å²) in [7, 11) is -3.00. The summed E-state index contributed by atoms with van der Waals surface area (Å²) in [5, 5.41) is 13.2. The normalized spacial score (nSPS) is 12.5. The first kappa shape index (κ1) is 40.0. The van der Waals surface area contributed by atoms with Gasteiger partial charge in [-0.15, -0.1) is 0 Å². The lowest BCUT2D eigenvalue weighted by Gasteiger charge is -2.46. The van der Waals surface area contributed by atoms with Gasteiger partial charge in [-0.3, -0.25) is 10.1 Å². The number of ether oxygens (including phenoxy) is 2. The molecular formula is C48H49NO6Si. The van der Waals surface area contributed by atoms with Crippen molar-refractivity contribution >= 4 is 30.3 Å². The van der Waals surface area contributed by atoms with Crippen LogP contribution in [0.5, 0.6) is 0 Å². The molecule has 0 spiro atoms. The Labute approximate surface area is 331 Å². The van der Waals surface area contributed by atoms with Crippen molar-refractivity contribution in [2.45, 2.75) is 56.8 Å². The van der Waals surface area contributed by atoms with Crippen molar-refractivity contribution in [1.82, 2.24) is 0 Å². The lowest BCUT2D eigenvalue weighted by Crippen LogP contribution is -2.68. The van der Waals surface area contributed by atoms with Gasteiger partial charge >= 0.3 is 5.97 Å². The van der Waals surface area contributed by atoms with Crippen molar-refractivity contribution < 1.29 is 23.6 Å². The Bertz CT molecular complexity index is 1990. The molecule has 0 amide bonds. The Morgan fingerprint density at radius 3 is 1.46 bits per heavy atom. The van der Waals surface area contributed by atoms with Crippen molar-refractivity contribution in [1.29, 1.82) is 0 Å². The smallest absolute Gasteiger partial charge is 0.338 e. The van der Waals surface area contributed by atoms with Crippen molar-refractivity contribution in [3.05, 3.63) is 208 Å². The van der Waals surface area contributed by atoms with E-state index in [1.807, 2.05) is 66.7 Å². The number of nitrogens with zero attached hydrogens (tertiary/aromatic N) is 1. The first-order chi connectivity index (χ1) is 27.1. The maximum atomic E-state index is 12.8. The summed E-state index contributed by atoms with van der Waals surface area (Å²) in [5.41, 5.74) is 2.30. The van der Waals surface area contributed by atoms with Crippen molar-refractivity contribution in [2.24, 2.45) is 0 Å². The fourth-order valence-corrected chi connectivity index (χ4v) is 12.2. The highest BCUT2D eigenvalue weighted by Gasteiger charge is 2.51. The third-order valence-corrected chi connectivity index (χ3v) is 15.3. The van der Waals surface area contributed by atoms with E-state index in [-0.39, 0.29) is 35.6 Å². The van der Waals surface area contributed by atoms with E-state index in [9.17, 15) is 14.9 Å². The summed E-state index contributed by atoms with van der Waals surface area (Å²) in [6.45, 7) is 7.31. The van der Waals surface area contributed by atoms with Crippen LogP contribution in [0.25, 0.3) is 0 Å². The number of hydrogen-bond donors (Lipinski definition) is 0. The molecule has 0 aliphatic heterocycles. The van der Waals surface area contributed by atoms with E-state index in [0.717, 1.165) is 16.7 Å². The topological polar surface area (TPSA) is 87.9 Å². The molecule has 8 heteroatoms. The van der Waals surface area contributed by atoms with Crippen molar-refractivity contribution in [3.63, 3.8) is 0 Å². The predicted molar refractivity (Wildman–Crippen MR) is 225 cm³/mol. The highest BCUT2D eigenvalue weighted by atomic mass is 28.4. The van der Waals surface area contributed by atoms with Gasteiger partial charge in [0.1, 0.15) is 5.60 Å². The zero-order chi connectivity index (χ0) is 39.4. The molecule has 6 aromatic carbocycles. The second-order valence-corrected chi connectivity index (χ2v) is 19.2. The van der Waals surface area contributed by atoms with Crippen LogP contribution in [0.15, 0.2) is 176 Å². The number of unbranched alkanes of at least 4 members (excludes halogenated alkanes) is 1. The Balaban J connectivity index is 1.35. The van der Waals surface area contributed by atoms with E-state index < -0.39 is 24.8 Å². The van der Waals surface area contributed by atoms with E-state index in [1.54, 1.807) is 0 Å². The van der Waals surface area contributed by atoms with Gasteiger partial charge < -0.3 is 13.9 Å². The molecule has 0 unspecified atom stereocenters. The Morgan fingerprint density at radius 2 is 1.05 bits per heavy atom. The molecule has 56 heavy (non-hydrogen) atoms. The molecule has 0 aliphatic rings. The third kappa shape index (κ3) is 8.89. The zero-order valence-corrected chi connectivity index (χ0v) is 33.3. The van der Waals surface area contributed by atoms with Crippen LogP contribution in [0.1, 0.15) is 67.1 Å². The second kappa shape index (κ2) is 18.3. The lowest BCUT2D eigenvalue weighted by atomic mass is 9.80. The van der Waals surface area contributed by atoms with Crippen LogP contribution in [-0.2, 0) is 19.5 Å². The summed E-state index contributed by atoms with van der Waals surface area (Å²) >= 11 is 0. The van der Waals surface area contributed by atoms with Gasteiger partial charge in [0.05, 0.1) is 29.8 Å². The predicted octanol–water partition coefficient (Wildman–Crippen LogP) is 9.88. The number of carbonyl (C=O) groups is 1. The minimum Gasteiger partial charge on any atom is -0.462 e. The molecule has 0 fully saturated rings. The molecule has 0 heterocycles. The number of rotatable bonds is 17. The molecule has 286 valence electrons. The molecule has 0 saturated heterocycles. The third-order valence-electron chi connectivity index (χ3n) is 10.3. The van der Waals surface area contributed by atoms with E-state index in [4.69, 9.17) is 13.9 Å². The minimum absolute atomic E-state index is 0.0773. The molecule has 7 nitrogen and oxygen atoms in total. The highest BCUT2D eigenvalue weighted by Crippen LogP contribution is 2.42. The monoisotopic (exact) mass is 763 g/mol. The van der Waals surface area contributed by atoms with E-state index >= 15 is 0 Å². The van der Waals surface area contributed by atoms with Gasteiger partial charge in [-0.05, 0) is 63.5 Å². The maximum absolute atomic E-state index is 12.8. The number of nitro groups is 1. The van der Waals surface area contributed by atoms with E-state index in [2.05, 4.69) is 106 Å². The molecule has 6 rings (SSSR count). The number of hydrogen-bond acceptors (Lipinski definition) is 6. The first-order valence-corrected chi connectivity index (χ1v) is 21.1. The maximum Gasteiger partial charge on any atom is 0.338 e. The minimum atomic E-state index is -3.00. The number of esters is 1. The van der Waals surface area contributed by atoms with Gasteiger partial charge in [-0.1, -0.05) is 172 Å². The number of non-ortho nitro benzene ring substituents is 1. The fraction of sp³-hybridized carbons (Fsp3) is 0.229. The van der Waals surface area contributed by atoms with Crippen LogP contribution in [0, 0.1) is 10.1 Å². The highest BCUT2D eigenvalue weighted by molar-refractivity contribution is 6.99.